The number of nitrogen functional groups attached to an aromatic ring is 1. The Morgan fingerprint density at radius 2 is 2.28 bits per heavy atom. The van der Waals surface area contributed by atoms with E-state index in [2.05, 4.69) is 26.0 Å². The highest BCUT2D eigenvalue weighted by molar-refractivity contribution is 7.36. The Labute approximate surface area is 189 Å². The number of aromatic nitrogens is 4. The first kappa shape index (κ1) is 24.3. The number of terminal acetylenes is 1. The summed E-state index contributed by atoms with van der Waals surface area (Å²) in [7, 11) is -2.51. The van der Waals surface area contributed by atoms with Crippen LogP contribution in [0.3, 0.4) is 0 Å². The van der Waals surface area contributed by atoms with Gasteiger partial charge in [-0.25, -0.2) is 4.98 Å². The van der Waals surface area contributed by atoms with Gasteiger partial charge >= 0.3 is 14.1 Å². The molecule has 0 spiro atoms. The Morgan fingerprint density at radius 1 is 1.56 bits per heavy atom. The van der Waals surface area contributed by atoms with Crippen molar-refractivity contribution in [3.63, 3.8) is 0 Å². The lowest BCUT2D eigenvalue weighted by molar-refractivity contribution is -0.149. The Balaban J connectivity index is 1.69. The van der Waals surface area contributed by atoms with Crippen LogP contribution in [0.25, 0.3) is 11.2 Å². The van der Waals surface area contributed by atoms with Crippen molar-refractivity contribution in [2.75, 3.05) is 12.3 Å². The van der Waals surface area contributed by atoms with Gasteiger partial charge in [0, 0.05) is 6.42 Å². The summed E-state index contributed by atoms with van der Waals surface area (Å²) >= 11 is 5.89. The second-order valence-corrected chi connectivity index (χ2v) is 8.80. The molecule has 32 heavy (non-hydrogen) atoms. The maximum Gasteiger partial charge on any atom is 0.613 e. The lowest BCUT2D eigenvalue weighted by Crippen LogP contribution is -2.42. The Hall–Kier alpha value is -2.39. The van der Waals surface area contributed by atoms with Gasteiger partial charge in [0.25, 0.3) is 0 Å². The highest BCUT2D eigenvalue weighted by Gasteiger charge is 2.50. The molecule has 1 saturated heterocycles. The first-order chi connectivity index (χ1) is 15.1. The second kappa shape index (κ2) is 9.62. The molecule has 14 heteroatoms. The molecule has 2 aromatic rings. The number of rotatable bonds is 8. The van der Waals surface area contributed by atoms with Gasteiger partial charge in [0.05, 0.1) is 12.4 Å². The number of hydrogen-bond donors (Lipinski definition) is 3. The van der Waals surface area contributed by atoms with Crippen molar-refractivity contribution in [2.45, 2.75) is 57.3 Å². The van der Waals surface area contributed by atoms with Gasteiger partial charge in [0.2, 0.25) is 5.28 Å². The van der Waals surface area contributed by atoms with Crippen LogP contribution in [0.15, 0.2) is 6.33 Å². The fraction of sp³-hybridized carbons (Fsp3) is 0.556. The number of carbonyl (C=O) groups excluding carboxylic acids is 1. The molecule has 3 rings (SSSR count). The van der Waals surface area contributed by atoms with E-state index in [4.69, 9.17) is 37.8 Å². The van der Waals surface area contributed by atoms with Crippen LogP contribution in [0, 0.1) is 12.3 Å². The van der Waals surface area contributed by atoms with Crippen molar-refractivity contribution in [3.8, 4) is 12.3 Å². The Morgan fingerprint density at radius 3 is 2.94 bits per heavy atom. The Kier molecular flexibility index (Phi) is 7.29. The predicted molar refractivity (Wildman–Crippen MR) is 114 cm³/mol. The monoisotopic (exact) mass is 485 g/mol. The molecule has 0 bridgehead atoms. The average Bonchev–Trinajstić information content (AvgIpc) is 3.27. The summed E-state index contributed by atoms with van der Waals surface area (Å²) in [5.41, 5.74) is 4.84. The zero-order valence-electron chi connectivity index (χ0n) is 17.6. The van der Waals surface area contributed by atoms with Crippen LogP contribution in [0.1, 0.15) is 33.4 Å². The van der Waals surface area contributed by atoms with Crippen molar-refractivity contribution in [2.24, 2.45) is 0 Å². The van der Waals surface area contributed by atoms with Crippen LogP contribution in [0.5, 0.6) is 0 Å². The van der Waals surface area contributed by atoms with Gasteiger partial charge < -0.3 is 20.3 Å². The maximum atomic E-state index is 12.3. The predicted octanol–water partition coefficient (Wildman–Crippen LogP) is 1.32. The molecule has 4 N–H and O–H groups in total. The first-order valence-corrected chi connectivity index (χ1v) is 11.2. The third kappa shape index (κ3) is 4.99. The van der Waals surface area contributed by atoms with E-state index in [1.165, 1.54) is 17.8 Å². The minimum atomic E-state index is -2.51. The molecule has 1 aliphatic rings. The summed E-state index contributed by atoms with van der Waals surface area (Å²) in [4.78, 5) is 24.0. The smallest absolute Gasteiger partial charge is 0.462 e. The van der Waals surface area contributed by atoms with Crippen molar-refractivity contribution in [1.29, 1.82) is 0 Å². The molecule has 0 saturated carbocycles. The zero-order valence-corrected chi connectivity index (χ0v) is 19.2. The number of halogens is 1. The maximum absolute atomic E-state index is 12.3. The van der Waals surface area contributed by atoms with Crippen LogP contribution >= 0.6 is 19.8 Å². The number of imidazole rings is 1. The van der Waals surface area contributed by atoms with Crippen molar-refractivity contribution >= 4 is 42.7 Å². The number of nitrogens with zero attached hydrogens (tertiary/aromatic N) is 4. The molecular formula is C18H23ClN6O6P+. The molecule has 2 aromatic heterocycles. The number of aliphatic hydroxyl groups excluding tert-OH is 1. The lowest BCUT2D eigenvalue weighted by atomic mass is 9.99. The van der Waals surface area contributed by atoms with Crippen molar-refractivity contribution in [1.82, 2.24) is 24.6 Å². The van der Waals surface area contributed by atoms with E-state index in [0.29, 0.717) is 11.2 Å². The highest BCUT2D eigenvalue weighted by Crippen LogP contribution is 2.39. The zero-order chi connectivity index (χ0) is 23.6. The van der Waals surface area contributed by atoms with Gasteiger partial charge in [-0.2, -0.15) is 9.97 Å². The molecule has 172 valence electrons. The fourth-order valence-corrected chi connectivity index (χ4v) is 4.06. The summed E-state index contributed by atoms with van der Waals surface area (Å²) < 4.78 is 30.0. The molecule has 0 aromatic carbocycles. The molecule has 0 radical (unpaired) electrons. The number of aliphatic hydroxyl groups is 1. The molecule has 1 unspecified atom stereocenters. The third-order valence-electron chi connectivity index (χ3n) is 4.69. The van der Waals surface area contributed by atoms with E-state index < -0.39 is 44.7 Å². The van der Waals surface area contributed by atoms with Gasteiger partial charge in [-0.3, -0.25) is 9.36 Å². The Bertz CT molecular complexity index is 1070. The summed E-state index contributed by atoms with van der Waals surface area (Å²) in [6.45, 7) is 4.48. The van der Waals surface area contributed by atoms with Crippen molar-refractivity contribution < 1.29 is 28.5 Å². The fourth-order valence-electron chi connectivity index (χ4n) is 3.08. The summed E-state index contributed by atoms with van der Waals surface area (Å²) in [6, 6.07) is -0.878. The van der Waals surface area contributed by atoms with Crippen molar-refractivity contribution in [3.05, 3.63) is 11.6 Å². The van der Waals surface area contributed by atoms with Gasteiger partial charge in [-0.15, -0.1) is 10.9 Å². The van der Waals surface area contributed by atoms with E-state index >= 15 is 0 Å². The van der Waals surface area contributed by atoms with E-state index in [-0.39, 0.29) is 23.6 Å². The SMILES string of the molecule is C#C[C@]1(CO[P+](=O)N[C@@H](C)C(=O)OC(C)C)O[C@@H](n2cnc3c(N)nc(Cl)nc32)C[C@@H]1O. The number of hydrogen-bond acceptors (Lipinski definition) is 10. The average molecular weight is 486 g/mol. The summed E-state index contributed by atoms with van der Waals surface area (Å²) in [5.74, 6) is 1.90. The van der Waals surface area contributed by atoms with E-state index in [1.807, 2.05) is 0 Å². The summed E-state index contributed by atoms with van der Waals surface area (Å²) in [6.07, 6.45) is 4.87. The summed E-state index contributed by atoms with van der Waals surface area (Å²) in [5, 5.41) is 13.0. The molecular weight excluding hydrogens is 463 g/mol. The van der Waals surface area contributed by atoms with Crippen LogP contribution in [-0.2, 0) is 23.4 Å². The molecule has 0 aliphatic carbocycles. The van der Waals surface area contributed by atoms with Gasteiger partial charge in [-0.1, -0.05) is 11.0 Å². The number of ether oxygens (including phenoxy) is 2. The highest BCUT2D eigenvalue weighted by atomic mass is 35.5. The second-order valence-electron chi connectivity index (χ2n) is 7.43. The van der Waals surface area contributed by atoms with Gasteiger partial charge in [-0.05, 0) is 36.9 Å². The quantitative estimate of drug-likeness (QED) is 0.214. The number of fused-ring (bicyclic) bond motifs is 1. The largest absolute Gasteiger partial charge is 0.613 e. The number of nitrogens with one attached hydrogen (secondary N) is 1. The van der Waals surface area contributed by atoms with E-state index in [9.17, 15) is 14.5 Å². The number of esters is 1. The molecule has 12 nitrogen and oxygen atoms in total. The van der Waals surface area contributed by atoms with Gasteiger partial charge in [0.15, 0.2) is 17.1 Å². The first-order valence-electron chi connectivity index (χ1n) is 9.62. The topological polar surface area (TPSA) is 164 Å². The molecule has 1 fully saturated rings. The number of nitrogens with two attached hydrogens (primary N) is 1. The minimum Gasteiger partial charge on any atom is -0.462 e. The van der Waals surface area contributed by atoms with Crippen LogP contribution in [0.4, 0.5) is 5.82 Å². The van der Waals surface area contributed by atoms with Crippen LogP contribution < -0.4 is 10.8 Å². The molecule has 0 amide bonds. The number of carbonyl (C=O) groups is 1. The van der Waals surface area contributed by atoms with E-state index in [0.717, 1.165) is 0 Å². The van der Waals surface area contributed by atoms with Crippen LogP contribution in [0.2, 0.25) is 5.28 Å². The molecule has 1 aliphatic heterocycles. The molecule has 5 atom stereocenters. The van der Waals surface area contributed by atoms with Crippen LogP contribution in [-0.4, -0.2) is 61.1 Å². The third-order valence-corrected chi connectivity index (χ3v) is 5.82. The van der Waals surface area contributed by atoms with Gasteiger partial charge in [0.1, 0.15) is 30.5 Å². The standard InChI is InChI=1S/C18H23ClN6O6P/c1-5-18(7-29-32(28)24-10(4)16(27)30-9(2)3)11(26)6-12(31-18)25-8-21-13-14(20)22-17(19)23-15(13)25/h1,8-12,26H,6-7H2,2-4H3,(H,24,28)(H2,20,22,23)/q+1/t10-,11-,12+,18+/m0/s1. The lowest BCUT2D eigenvalue weighted by Gasteiger charge is -2.23. The minimum absolute atomic E-state index is 0.0713. The van der Waals surface area contributed by atoms with E-state index in [1.54, 1.807) is 13.8 Å². The molecule has 3 heterocycles. The normalized spacial score (nSPS) is 24.5. The number of anilines is 1.